The number of carbonyl (C=O) groups is 2. The van der Waals surface area contributed by atoms with Crippen molar-refractivity contribution in [2.24, 2.45) is 0 Å². The fourth-order valence-electron chi connectivity index (χ4n) is 2.88. The van der Waals surface area contributed by atoms with Gasteiger partial charge in [0.05, 0.1) is 31.3 Å². The van der Waals surface area contributed by atoms with Crippen molar-refractivity contribution in [1.82, 2.24) is 4.90 Å². The maximum Gasteiger partial charge on any atom is 0.290 e. The quantitative estimate of drug-likeness (QED) is 0.595. The molecule has 1 aliphatic heterocycles. The lowest BCUT2D eigenvalue weighted by atomic mass is 9.97. The van der Waals surface area contributed by atoms with Crippen LogP contribution in [-0.2, 0) is 9.59 Å². The molecule has 130 valence electrons. The highest BCUT2D eigenvalue weighted by Gasteiger charge is 2.41. The highest BCUT2D eigenvalue weighted by Crippen LogP contribution is 2.37. The Hall–Kier alpha value is -1.89. The maximum atomic E-state index is 12.4. The van der Waals surface area contributed by atoms with Gasteiger partial charge in [0.2, 0.25) is 0 Å². The van der Waals surface area contributed by atoms with Gasteiger partial charge in [-0.3, -0.25) is 9.59 Å². The Bertz CT molecular complexity index is 642. The lowest BCUT2D eigenvalue weighted by molar-refractivity contribution is -0.656. The number of hydrogen-bond donors (Lipinski definition) is 3. The number of quaternary nitrogens is 1. The molecule has 1 amide bonds. The van der Waals surface area contributed by atoms with Crippen molar-refractivity contribution in [2.75, 3.05) is 26.2 Å². The van der Waals surface area contributed by atoms with Crippen LogP contribution in [0.5, 0.6) is 0 Å². The monoisotopic (exact) mass is 353 g/mol. The highest BCUT2D eigenvalue weighted by molar-refractivity contribution is 6.30. The van der Waals surface area contributed by atoms with E-state index in [0.717, 1.165) is 12.1 Å². The minimum Gasteiger partial charge on any atom is -0.503 e. The molecule has 0 aliphatic carbocycles. The maximum absolute atomic E-state index is 12.4. The summed E-state index contributed by atoms with van der Waals surface area (Å²) >= 11 is 5.91. The van der Waals surface area contributed by atoms with Crippen molar-refractivity contribution in [3.05, 3.63) is 46.2 Å². The molecule has 0 unspecified atom stereocenters. The van der Waals surface area contributed by atoms with E-state index >= 15 is 0 Å². The molecule has 6 nitrogen and oxygen atoms in total. The number of aliphatic hydroxyl groups excluding tert-OH is 2. The third kappa shape index (κ3) is 3.95. The number of halogens is 1. The zero-order valence-corrected chi connectivity index (χ0v) is 14.3. The third-order valence-corrected chi connectivity index (χ3v) is 4.26. The predicted octanol–water partition coefficient (Wildman–Crippen LogP) is 0.570. The minimum absolute atomic E-state index is 0.104. The topological polar surface area (TPSA) is 94.5 Å². The van der Waals surface area contributed by atoms with Crippen LogP contribution in [0.1, 0.15) is 24.9 Å². The molecule has 24 heavy (non-hydrogen) atoms. The summed E-state index contributed by atoms with van der Waals surface area (Å²) in [7, 11) is 0. The van der Waals surface area contributed by atoms with Crippen molar-refractivity contribution in [3.63, 3.8) is 0 Å². The predicted molar refractivity (Wildman–Crippen MR) is 89.6 cm³/mol. The SMILES string of the molecule is CC(=O)C1=C(O)C(=O)N(CCC[NH2+]CCO)[C@H]1c1ccc(Cl)cc1. The summed E-state index contributed by atoms with van der Waals surface area (Å²) in [4.78, 5) is 25.9. The van der Waals surface area contributed by atoms with Gasteiger partial charge in [0, 0.05) is 18.0 Å². The summed E-state index contributed by atoms with van der Waals surface area (Å²) in [6, 6.07) is 6.31. The molecule has 7 heteroatoms. The number of aliphatic hydroxyl groups is 2. The number of nitrogens with zero attached hydrogens (tertiary/aromatic N) is 1. The zero-order valence-electron chi connectivity index (χ0n) is 13.5. The molecule has 0 bridgehead atoms. The van der Waals surface area contributed by atoms with Gasteiger partial charge in [-0.05, 0) is 24.6 Å². The first-order chi connectivity index (χ1) is 11.5. The van der Waals surface area contributed by atoms with E-state index in [1.165, 1.54) is 11.8 Å². The van der Waals surface area contributed by atoms with Crippen molar-refractivity contribution in [2.45, 2.75) is 19.4 Å². The minimum atomic E-state index is -0.592. The van der Waals surface area contributed by atoms with E-state index in [1.807, 2.05) is 5.32 Å². The average molecular weight is 354 g/mol. The van der Waals surface area contributed by atoms with Crippen LogP contribution in [0.2, 0.25) is 5.02 Å². The molecular weight excluding hydrogens is 332 g/mol. The molecular formula is C17H22ClN2O4+. The zero-order chi connectivity index (χ0) is 17.7. The second kappa shape index (κ2) is 8.28. The normalized spacial score (nSPS) is 17.7. The van der Waals surface area contributed by atoms with Crippen LogP contribution in [0.25, 0.3) is 0 Å². The first-order valence-corrected chi connectivity index (χ1v) is 8.28. The largest absolute Gasteiger partial charge is 0.503 e. The molecule has 1 aromatic carbocycles. The van der Waals surface area contributed by atoms with E-state index < -0.39 is 17.7 Å². The number of rotatable bonds is 8. The first kappa shape index (κ1) is 18.4. The van der Waals surface area contributed by atoms with Crippen molar-refractivity contribution in [3.8, 4) is 0 Å². The number of benzene rings is 1. The van der Waals surface area contributed by atoms with Gasteiger partial charge in [-0.25, -0.2) is 0 Å². The second-order valence-corrected chi connectivity index (χ2v) is 6.15. The standard InChI is InChI=1S/C17H21ClN2O4/c1-11(22)14-15(12-3-5-13(18)6-4-12)20(17(24)16(14)23)9-2-7-19-8-10-21/h3-6,15,19,21,23H,2,7-10H2,1H3/p+1/t15-/m0/s1. The lowest BCUT2D eigenvalue weighted by Gasteiger charge is -2.26. The lowest BCUT2D eigenvalue weighted by Crippen LogP contribution is -2.85. The van der Waals surface area contributed by atoms with Crippen LogP contribution < -0.4 is 5.32 Å². The van der Waals surface area contributed by atoms with Crippen LogP contribution in [0, 0.1) is 0 Å². The summed E-state index contributed by atoms with van der Waals surface area (Å²) in [6.07, 6.45) is 0.689. The first-order valence-electron chi connectivity index (χ1n) is 7.90. The van der Waals surface area contributed by atoms with Crippen molar-refractivity contribution in [1.29, 1.82) is 0 Å². The van der Waals surface area contributed by atoms with Gasteiger partial charge in [0.15, 0.2) is 11.5 Å². The molecule has 0 spiro atoms. The van der Waals surface area contributed by atoms with E-state index in [4.69, 9.17) is 16.7 Å². The summed E-state index contributed by atoms with van der Waals surface area (Å²) in [6.45, 7) is 3.21. The van der Waals surface area contributed by atoms with Crippen LogP contribution in [-0.4, -0.2) is 53.0 Å². The summed E-state index contributed by atoms with van der Waals surface area (Å²) in [5.41, 5.74) is 0.864. The molecule has 1 aliphatic rings. The summed E-state index contributed by atoms with van der Waals surface area (Å²) in [5, 5.41) is 21.4. The van der Waals surface area contributed by atoms with E-state index in [0.29, 0.717) is 24.5 Å². The Morgan fingerprint density at radius 2 is 1.96 bits per heavy atom. The fraction of sp³-hybridized carbons (Fsp3) is 0.412. The summed E-state index contributed by atoms with van der Waals surface area (Å²) in [5.74, 6) is -1.32. The Morgan fingerprint density at radius 1 is 1.29 bits per heavy atom. The van der Waals surface area contributed by atoms with Gasteiger partial charge in [-0.2, -0.15) is 0 Å². The Balaban J connectivity index is 2.23. The molecule has 1 atom stereocenters. The van der Waals surface area contributed by atoms with Crippen LogP contribution in [0.3, 0.4) is 0 Å². The number of Topliss-reactive ketones (excluding diaryl/α,β-unsaturated/α-hetero) is 1. The number of ketones is 1. The van der Waals surface area contributed by atoms with Crippen molar-refractivity contribution < 1.29 is 25.1 Å². The van der Waals surface area contributed by atoms with Gasteiger partial charge >= 0.3 is 0 Å². The van der Waals surface area contributed by atoms with Crippen LogP contribution in [0.15, 0.2) is 35.6 Å². The van der Waals surface area contributed by atoms with Gasteiger partial charge in [0.25, 0.3) is 5.91 Å². The number of nitrogens with two attached hydrogens (primary N) is 1. The number of hydrogen-bond acceptors (Lipinski definition) is 4. The van der Waals surface area contributed by atoms with Gasteiger partial charge in [0.1, 0.15) is 0 Å². The van der Waals surface area contributed by atoms with E-state index in [1.54, 1.807) is 24.3 Å². The van der Waals surface area contributed by atoms with Crippen LogP contribution in [0.4, 0.5) is 0 Å². The van der Waals surface area contributed by atoms with Gasteiger partial charge in [-0.1, -0.05) is 23.7 Å². The Kier molecular flexibility index (Phi) is 6.36. The molecule has 4 N–H and O–H groups in total. The Morgan fingerprint density at radius 3 is 2.54 bits per heavy atom. The molecule has 0 radical (unpaired) electrons. The Labute approximate surface area is 145 Å². The average Bonchev–Trinajstić information content (AvgIpc) is 2.80. The van der Waals surface area contributed by atoms with E-state index in [9.17, 15) is 14.7 Å². The van der Waals surface area contributed by atoms with E-state index in [-0.39, 0.29) is 18.0 Å². The fourth-order valence-corrected chi connectivity index (χ4v) is 3.00. The van der Waals surface area contributed by atoms with Gasteiger partial charge < -0.3 is 20.4 Å². The smallest absolute Gasteiger partial charge is 0.290 e. The molecule has 0 aromatic heterocycles. The third-order valence-electron chi connectivity index (χ3n) is 4.01. The van der Waals surface area contributed by atoms with Crippen molar-refractivity contribution >= 4 is 23.3 Å². The molecule has 1 heterocycles. The molecule has 2 rings (SSSR count). The van der Waals surface area contributed by atoms with Crippen LogP contribution >= 0.6 is 11.6 Å². The molecule has 0 saturated heterocycles. The summed E-state index contributed by atoms with van der Waals surface area (Å²) < 4.78 is 0. The van der Waals surface area contributed by atoms with Gasteiger partial charge in [-0.15, -0.1) is 0 Å². The van der Waals surface area contributed by atoms with E-state index in [2.05, 4.69) is 0 Å². The number of amides is 1. The second-order valence-electron chi connectivity index (χ2n) is 5.71. The molecule has 0 fully saturated rings. The molecule has 1 aromatic rings. The molecule has 0 saturated carbocycles. The highest BCUT2D eigenvalue weighted by atomic mass is 35.5. The number of carbonyl (C=O) groups excluding carboxylic acids is 2.